The third kappa shape index (κ3) is 6.06. The van der Waals surface area contributed by atoms with Gasteiger partial charge in [0.1, 0.15) is 0 Å². The van der Waals surface area contributed by atoms with Crippen molar-refractivity contribution < 1.29 is 9.90 Å². The van der Waals surface area contributed by atoms with Crippen LogP contribution in [0.4, 0.5) is 0 Å². The van der Waals surface area contributed by atoms with Crippen molar-refractivity contribution in [1.82, 2.24) is 5.32 Å². The molecule has 0 aliphatic heterocycles. The molecule has 1 atom stereocenters. The molecule has 1 aliphatic rings. The number of carbonyl (C=O) groups is 1. The maximum atomic E-state index is 11.6. The SMILES string of the molecule is CCC(CO)NC(=O)CCCC1CCCCC1. The maximum absolute atomic E-state index is 11.6. The van der Waals surface area contributed by atoms with Crippen LogP contribution in [-0.4, -0.2) is 23.7 Å². The van der Waals surface area contributed by atoms with Gasteiger partial charge in [-0.15, -0.1) is 0 Å². The average molecular weight is 241 g/mol. The fourth-order valence-electron chi connectivity index (χ4n) is 2.60. The van der Waals surface area contributed by atoms with Crippen LogP contribution in [0.1, 0.15) is 64.7 Å². The zero-order chi connectivity index (χ0) is 12.5. The lowest BCUT2D eigenvalue weighted by molar-refractivity contribution is -0.122. The van der Waals surface area contributed by atoms with Crippen molar-refractivity contribution >= 4 is 5.91 Å². The van der Waals surface area contributed by atoms with Gasteiger partial charge in [-0.2, -0.15) is 0 Å². The second kappa shape index (κ2) is 8.51. The molecule has 1 rings (SSSR count). The molecule has 0 aromatic carbocycles. The van der Waals surface area contributed by atoms with Gasteiger partial charge < -0.3 is 10.4 Å². The highest BCUT2D eigenvalue weighted by molar-refractivity contribution is 5.76. The minimum atomic E-state index is -0.0582. The van der Waals surface area contributed by atoms with Gasteiger partial charge in [-0.3, -0.25) is 4.79 Å². The summed E-state index contributed by atoms with van der Waals surface area (Å²) in [6, 6.07) is -0.0582. The standard InChI is InChI=1S/C14H27NO2/c1-2-13(11-16)15-14(17)10-6-9-12-7-4-3-5-8-12/h12-13,16H,2-11H2,1H3,(H,15,17). The number of rotatable bonds is 7. The zero-order valence-corrected chi connectivity index (χ0v) is 11.1. The summed E-state index contributed by atoms with van der Waals surface area (Å²) in [5.74, 6) is 0.957. The van der Waals surface area contributed by atoms with Crippen molar-refractivity contribution in [3.63, 3.8) is 0 Å². The zero-order valence-electron chi connectivity index (χ0n) is 11.1. The Morgan fingerprint density at radius 3 is 2.65 bits per heavy atom. The summed E-state index contributed by atoms with van der Waals surface area (Å²) in [6.07, 6.45) is 10.5. The predicted octanol–water partition coefficient (Wildman–Crippen LogP) is 2.62. The third-order valence-corrected chi connectivity index (χ3v) is 3.82. The molecule has 3 heteroatoms. The molecule has 1 amide bonds. The molecule has 0 bridgehead atoms. The fourth-order valence-corrected chi connectivity index (χ4v) is 2.60. The third-order valence-electron chi connectivity index (χ3n) is 3.82. The second-order valence-electron chi connectivity index (χ2n) is 5.25. The van der Waals surface area contributed by atoms with E-state index >= 15 is 0 Å². The van der Waals surface area contributed by atoms with E-state index < -0.39 is 0 Å². The van der Waals surface area contributed by atoms with Gasteiger partial charge >= 0.3 is 0 Å². The summed E-state index contributed by atoms with van der Waals surface area (Å²) in [7, 11) is 0. The van der Waals surface area contributed by atoms with Crippen molar-refractivity contribution in [2.24, 2.45) is 5.92 Å². The Hall–Kier alpha value is -0.570. The Kier molecular flexibility index (Phi) is 7.25. The van der Waals surface area contributed by atoms with E-state index in [1.807, 2.05) is 6.92 Å². The molecular weight excluding hydrogens is 214 g/mol. The van der Waals surface area contributed by atoms with E-state index in [9.17, 15) is 4.79 Å². The number of aliphatic hydroxyl groups excluding tert-OH is 1. The molecule has 1 unspecified atom stereocenters. The van der Waals surface area contributed by atoms with Crippen LogP contribution in [0, 0.1) is 5.92 Å². The molecule has 2 N–H and O–H groups in total. The Bertz CT molecular complexity index is 208. The lowest BCUT2D eigenvalue weighted by atomic mass is 9.86. The van der Waals surface area contributed by atoms with Gasteiger partial charge in [0.15, 0.2) is 0 Å². The van der Waals surface area contributed by atoms with Gasteiger partial charge in [0, 0.05) is 6.42 Å². The first kappa shape index (κ1) is 14.5. The number of nitrogens with one attached hydrogen (secondary N) is 1. The van der Waals surface area contributed by atoms with Gasteiger partial charge in [-0.1, -0.05) is 39.0 Å². The van der Waals surface area contributed by atoms with Crippen LogP contribution >= 0.6 is 0 Å². The predicted molar refractivity (Wildman–Crippen MR) is 69.7 cm³/mol. The molecule has 17 heavy (non-hydrogen) atoms. The van der Waals surface area contributed by atoms with Gasteiger partial charge in [0.25, 0.3) is 0 Å². The Balaban J connectivity index is 2.06. The summed E-state index contributed by atoms with van der Waals surface area (Å²) in [4.78, 5) is 11.6. The molecule has 1 fully saturated rings. The van der Waals surface area contributed by atoms with E-state index in [-0.39, 0.29) is 18.6 Å². The first-order valence-corrected chi connectivity index (χ1v) is 7.16. The number of carbonyl (C=O) groups excluding carboxylic acids is 1. The van der Waals surface area contributed by atoms with E-state index in [4.69, 9.17) is 5.11 Å². The maximum Gasteiger partial charge on any atom is 0.220 e. The molecule has 3 nitrogen and oxygen atoms in total. The molecule has 0 aromatic rings. The van der Waals surface area contributed by atoms with Crippen molar-refractivity contribution in [2.75, 3.05) is 6.61 Å². The van der Waals surface area contributed by atoms with Crippen LogP contribution in [0.5, 0.6) is 0 Å². The molecule has 0 spiro atoms. The summed E-state index contributed by atoms with van der Waals surface area (Å²) in [5, 5.41) is 11.9. The second-order valence-corrected chi connectivity index (χ2v) is 5.25. The van der Waals surface area contributed by atoms with E-state index in [0.717, 1.165) is 18.8 Å². The summed E-state index contributed by atoms with van der Waals surface area (Å²) >= 11 is 0. The van der Waals surface area contributed by atoms with E-state index in [2.05, 4.69) is 5.32 Å². The van der Waals surface area contributed by atoms with Crippen LogP contribution in [0.25, 0.3) is 0 Å². The number of amides is 1. The molecule has 0 aromatic heterocycles. The first-order chi connectivity index (χ1) is 8.26. The van der Waals surface area contributed by atoms with Crippen molar-refractivity contribution in [1.29, 1.82) is 0 Å². The molecule has 1 aliphatic carbocycles. The van der Waals surface area contributed by atoms with Crippen molar-refractivity contribution in [3.8, 4) is 0 Å². The minimum Gasteiger partial charge on any atom is -0.394 e. The summed E-state index contributed by atoms with van der Waals surface area (Å²) in [6.45, 7) is 2.02. The lowest BCUT2D eigenvalue weighted by Crippen LogP contribution is -2.36. The molecule has 0 radical (unpaired) electrons. The molecule has 100 valence electrons. The largest absolute Gasteiger partial charge is 0.394 e. The Labute approximate surface area is 105 Å². The lowest BCUT2D eigenvalue weighted by Gasteiger charge is -2.21. The van der Waals surface area contributed by atoms with Crippen LogP contribution in [-0.2, 0) is 4.79 Å². The summed E-state index contributed by atoms with van der Waals surface area (Å²) < 4.78 is 0. The molecule has 1 saturated carbocycles. The number of aliphatic hydroxyl groups is 1. The van der Waals surface area contributed by atoms with E-state index in [1.54, 1.807) is 0 Å². The average Bonchev–Trinajstić information content (AvgIpc) is 2.37. The monoisotopic (exact) mass is 241 g/mol. The molecule has 0 heterocycles. The highest BCUT2D eigenvalue weighted by Crippen LogP contribution is 2.27. The Morgan fingerprint density at radius 2 is 2.06 bits per heavy atom. The van der Waals surface area contributed by atoms with Crippen LogP contribution in [0.2, 0.25) is 0 Å². The van der Waals surface area contributed by atoms with Crippen LogP contribution < -0.4 is 5.32 Å². The van der Waals surface area contributed by atoms with E-state index in [0.29, 0.717) is 6.42 Å². The van der Waals surface area contributed by atoms with Gasteiger partial charge in [-0.05, 0) is 25.2 Å². The van der Waals surface area contributed by atoms with Crippen LogP contribution in [0.15, 0.2) is 0 Å². The molecular formula is C14H27NO2. The normalized spacial score (nSPS) is 18.9. The number of hydrogen-bond acceptors (Lipinski definition) is 2. The minimum absolute atomic E-state index is 0.0465. The quantitative estimate of drug-likeness (QED) is 0.720. The van der Waals surface area contributed by atoms with Gasteiger partial charge in [-0.25, -0.2) is 0 Å². The van der Waals surface area contributed by atoms with Gasteiger partial charge in [0.05, 0.1) is 12.6 Å². The summed E-state index contributed by atoms with van der Waals surface area (Å²) in [5.41, 5.74) is 0. The van der Waals surface area contributed by atoms with Crippen LogP contribution in [0.3, 0.4) is 0 Å². The Morgan fingerprint density at radius 1 is 1.35 bits per heavy atom. The molecule has 0 saturated heterocycles. The van der Waals surface area contributed by atoms with Crippen molar-refractivity contribution in [3.05, 3.63) is 0 Å². The van der Waals surface area contributed by atoms with Crippen molar-refractivity contribution in [2.45, 2.75) is 70.8 Å². The van der Waals surface area contributed by atoms with Gasteiger partial charge in [0.2, 0.25) is 5.91 Å². The first-order valence-electron chi connectivity index (χ1n) is 7.16. The smallest absolute Gasteiger partial charge is 0.220 e. The highest BCUT2D eigenvalue weighted by atomic mass is 16.3. The fraction of sp³-hybridized carbons (Fsp3) is 0.929. The number of hydrogen-bond donors (Lipinski definition) is 2. The topological polar surface area (TPSA) is 49.3 Å². The highest BCUT2D eigenvalue weighted by Gasteiger charge is 2.14. The van der Waals surface area contributed by atoms with E-state index in [1.165, 1.54) is 38.5 Å².